The minimum atomic E-state index is -1.46. The third-order valence-electron chi connectivity index (χ3n) is 9.81. The fourth-order valence-electron chi connectivity index (χ4n) is 7.54. The van der Waals surface area contributed by atoms with Crippen LogP contribution in [0.15, 0.2) is 85.0 Å². The largest absolute Gasteiger partial charge is 0.463 e. The summed E-state index contributed by atoms with van der Waals surface area (Å²) >= 11 is 0. The number of nitrogens with zero attached hydrogens (tertiary/aromatic N) is 2. The van der Waals surface area contributed by atoms with Crippen LogP contribution in [0.25, 0.3) is 0 Å². The van der Waals surface area contributed by atoms with Gasteiger partial charge in [-0.3, -0.25) is 19.2 Å². The number of likely N-dealkylation sites (tertiary alicyclic amines) is 1. The fraction of sp³-hybridized carbons (Fsp3) is 0.459. The minimum absolute atomic E-state index is 0.0687. The summed E-state index contributed by atoms with van der Waals surface area (Å²) in [5.74, 6) is -3.54. The zero-order valence-electron chi connectivity index (χ0n) is 26.7. The quantitative estimate of drug-likeness (QED) is 0.256. The van der Waals surface area contributed by atoms with E-state index < -0.39 is 60.1 Å². The Labute approximate surface area is 275 Å². The number of aliphatic hydroxyl groups excluding tert-OH is 1. The van der Waals surface area contributed by atoms with Gasteiger partial charge in [-0.1, -0.05) is 105 Å². The second-order valence-corrected chi connectivity index (χ2v) is 12.7. The molecule has 0 unspecified atom stereocenters. The van der Waals surface area contributed by atoms with E-state index in [1.807, 2.05) is 72.8 Å². The molecule has 3 amide bonds. The highest BCUT2D eigenvalue weighted by molar-refractivity contribution is 6.00. The van der Waals surface area contributed by atoms with Crippen molar-refractivity contribution in [3.63, 3.8) is 0 Å². The number of aliphatic hydroxyl groups is 1. The van der Waals surface area contributed by atoms with E-state index in [2.05, 4.69) is 12.2 Å². The molecule has 4 heterocycles. The second kappa shape index (κ2) is 14.2. The summed E-state index contributed by atoms with van der Waals surface area (Å²) in [5, 5.41) is 13.8. The molecule has 6 rings (SSSR count). The highest BCUT2D eigenvalue weighted by Gasteiger charge is 2.72. The van der Waals surface area contributed by atoms with Crippen molar-refractivity contribution in [3.8, 4) is 0 Å². The normalized spacial score (nSPS) is 30.6. The van der Waals surface area contributed by atoms with Crippen molar-refractivity contribution in [1.82, 2.24) is 15.1 Å². The lowest BCUT2D eigenvalue weighted by atomic mass is 9.77. The van der Waals surface area contributed by atoms with Crippen molar-refractivity contribution in [2.75, 3.05) is 26.3 Å². The van der Waals surface area contributed by atoms with Crippen LogP contribution < -0.4 is 5.32 Å². The van der Waals surface area contributed by atoms with E-state index in [1.165, 1.54) is 4.90 Å². The molecule has 0 radical (unpaired) electrons. The third-order valence-corrected chi connectivity index (χ3v) is 9.81. The molecule has 47 heavy (non-hydrogen) atoms. The lowest BCUT2D eigenvalue weighted by Gasteiger charge is -2.38. The number of amides is 3. The van der Waals surface area contributed by atoms with Gasteiger partial charge in [0.2, 0.25) is 17.7 Å². The van der Waals surface area contributed by atoms with Gasteiger partial charge in [-0.15, -0.1) is 0 Å². The van der Waals surface area contributed by atoms with E-state index in [0.29, 0.717) is 25.1 Å². The first kappa shape index (κ1) is 32.7. The summed E-state index contributed by atoms with van der Waals surface area (Å²) in [4.78, 5) is 59.7. The van der Waals surface area contributed by atoms with Gasteiger partial charge in [-0.05, 0) is 24.0 Å². The molecule has 248 valence electrons. The van der Waals surface area contributed by atoms with Gasteiger partial charge in [0, 0.05) is 19.5 Å². The fourth-order valence-corrected chi connectivity index (χ4v) is 7.54. The summed E-state index contributed by atoms with van der Waals surface area (Å²) in [6.45, 7) is 2.49. The number of ether oxygens (including phenoxy) is 2. The Hall–Kier alpha value is -4.28. The van der Waals surface area contributed by atoms with Gasteiger partial charge >= 0.3 is 5.97 Å². The van der Waals surface area contributed by atoms with Gasteiger partial charge < -0.3 is 29.7 Å². The van der Waals surface area contributed by atoms with E-state index in [-0.39, 0.29) is 24.9 Å². The molecule has 0 saturated carbocycles. The van der Waals surface area contributed by atoms with Crippen molar-refractivity contribution in [2.24, 2.45) is 11.8 Å². The second-order valence-electron chi connectivity index (χ2n) is 12.7. The third kappa shape index (κ3) is 6.24. The molecule has 4 aliphatic rings. The molecule has 10 nitrogen and oxygen atoms in total. The highest BCUT2D eigenvalue weighted by atomic mass is 16.5. The van der Waals surface area contributed by atoms with Crippen LogP contribution in [0.3, 0.4) is 0 Å². The van der Waals surface area contributed by atoms with Crippen molar-refractivity contribution < 1.29 is 33.8 Å². The number of unbranched alkanes of at least 4 members (excludes halogenated alkanes) is 2. The maximum absolute atomic E-state index is 14.9. The highest BCUT2D eigenvalue weighted by Crippen LogP contribution is 2.54. The van der Waals surface area contributed by atoms with Crippen molar-refractivity contribution in [1.29, 1.82) is 0 Å². The van der Waals surface area contributed by atoms with Crippen molar-refractivity contribution in [2.45, 2.75) is 68.9 Å². The Morgan fingerprint density at radius 2 is 1.72 bits per heavy atom. The number of nitrogens with one attached hydrogen (secondary N) is 1. The smallest absolute Gasteiger partial charge is 0.306 e. The Bertz CT molecular complexity index is 1510. The Balaban J connectivity index is 1.45. The van der Waals surface area contributed by atoms with Crippen LogP contribution in [0, 0.1) is 11.8 Å². The molecule has 10 heteroatoms. The van der Waals surface area contributed by atoms with Gasteiger partial charge in [0.25, 0.3) is 0 Å². The van der Waals surface area contributed by atoms with Crippen LogP contribution in [0.4, 0.5) is 0 Å². The number of hydrogen-bond donors (Lipinski definition) is 2. The van der Waals surface area contributed by atoms with Crippen LogP contribution in [-0.2, 0) is 28.7 Å². The van der Waals surface area contributed by atoms with Gasteiger partial charge in [-0.2, -0.15) is 0 Å². The molecule has 0 aromatic heterocycles. The zero-order valence-corrected chi connectivity index (χ0v) is 26.7. The molecule has 0 aliphatic carbocycles. The predicted octanol–water partition coefficient (Wildman–Crippen LogP) is 3.64. The lowest BCUT2D eigenvalue weighted by Crippen LogP contribution is -2.56. The number of fused-ring (bicyclic) bond motifs is 2. The number of carbonyl (C=O) groups excluding carboxylic acids is 4. The maximum Gasteiger partial charge on any atom is 0.306 e. The van der Waals surface area contributed by atoms with Crippen LogP contribution in [0.2, 0.25) is 0 Å². The van der Waals surface area contributed by atoms with Crippen LogP contribution in [0.1, 0.15) is 62.2 Å². The van der Waals surface area contributed by atoms with Crippen LogP contribution in [-0.4, -0.2) is 82.6 Å². The Morgan fingerprint density at radius 3 is 2.45 bits per heavy atom. The standard InChI is InChI=1S/C37H43N3O7/c1-2-3-12-21-39-22-13-20-37-32(35(44)40(33(37)36(39)45)28(23-41)26-16-8-5-9-17-26)31-29(47-37)18-10-11-19-30(42)46-24-27(38-34(31)43)25-14-6-4-7-15-25/h4-10,13-18,20,27-29,31-33,41H,2-3,11-12,19,21-24H2,1H3,(H,38,43)/b18-10-/t27-,28+,29+,31-,32-,33+,37-/m0/s1. The van der Waals surface area contributed by atoms with Gasteiger partial charge in [0.1, 0.15) is 18.2 Å². The SMILES string of the molecule is CCCCCN1CC=C[C@]23O[C@@H]4/C=C\CCC(=O)OC[C@@H](c5ccccc5)NC(=O)[C@@H]4[C@H]2C(=O)N([C@H](CO)c2ccccc2)[C@@H]3C1=O. The van der Waals surface area contributed by atoms with E-state index in [1.54, 1.807) is 17.1 Å². The topological polar surface area (TPSA) is 125 Å². The molecule has 2 fully saturated rings. The summed E-state index contributed by atoms with van der Waals surface area (Å²) in [5.41, 5.74) is -0.0234. The monoisotopic (exact) mass is 641 g/mol. The van der Waals surface area contributed by atoms with Crippen molar-refractivity contribution in [3.05, 3.63) is 96.1 Å². The van der Waals surface area contributed by atoms with Crippen molar-refractivity contribution >= 4 is 23.7 Å². The van der Waals surface area contributed by atoms with E-state index >= 15 is 0 Å². The minimum Gasteiger partial charge on any atom is -0.463 e. The molecule has 0 bridgehead atoms. The summed E-state index contributed by atoms with van der Waals surface area (Å²) in [7, 11) is 0. The maximum atomic E-state index is 14.9. The molecule has 2 aromatic rings. The molecule has 4 aliphatic heterocycles. The van der Waals surface area contributed by atoms with Gasteiger partial charge in [-0.25, -0.2) is 0 Å². The van der Waals surface area contributed by atoms with Crippen LogP contribution in [0.5, 0.6) is 0 Å². The molecular formula is C37H43N3O7. The predicted molar refractivity (Wildman–Crippen MR) is 173 cm³/mol. The number of allylic oxidation sites excluding steroid dienone is 1. The number of hydrogen-bond acceptors (Lipinski definition) is 7. The summed E-state index contributed by atoms with van der Waals surface area (Å²) in [6.07, 6.45) is 9.63. The number of esters is 1. The number of benzene rings is 2. The van der Waals surface area contributed by atoms with E-state index in [9.17, 15) is 24.3 Å². The first-order chi connectivity index (χ1) is 22.9. The molecule has 2 saturated heterocycles. The lowest BCUT2D eigenvalue weighted by molar-refractivity contribution is -0.151. The summed E-state index contributed by atoms with van der Waals surface area (Å²) < 4.78 is 12.4. The summed E-state index contributed by atoms with van der Waals surface area (Å²) in [6, 6.07) is 15.8. The number of rotatable bonds is 8. The zero-order chi connectivity index (χ0) is 33.0. The molecule has 7 atom stereocenters. The molecule has 2 aromatic carbocycles. The molecule has 1 spiro atoms. The average Bonchev–Trinajstić information content (AvgIpc) is 3.48. The number of cyclic esters (lactones) is 1. The first-order valence-electron chi connectivity index (χ1n) is 16.7. The Morgan fingerprint density at radius 1 is 0.979 bits per heavy atom. The van der Waals surface area contributed by atoms with E-state index in [0.717, 1.165) is 24.8 Å². The van der Waals surface area contributed by atoms with Gasteiger partial charge in [0.15, 0.2) is 0 Å². The number of carbonyl (C=O) groups is 4. The first-order valence-corrected chi connectivity index (χ1v) is 16.7. The van der Waals surface area contributed by atoms with Crippen LogP contribution >= 0.6 is 0 Å². The Kier molecular flexibility index (Phi) is 9.89. The van der Waals surface area contributed by atoms with Gasteiger partial charge in [0.05, 0.1) is 36.6 Å². The molecule has 2 N–H and O–H groups in total. The van der Waals surface area contributed by atoms with E-state index in [4.69, 9.17) is 9.47 Å². The average molecular weight is 642 g/mol. The molecular weight excluding hydrogens is 598 g/mol.